The van der Waals surface area contributed by atoms with Crippen LogP contribution >= 0.6 is 0 Å². The number of anilines is 2. The molecule has 29 heavy (non-hydrogen) atoms. The number of carbonyl (C=O) groups is 2. The molecule has 0 saturated carbocycles. The Kier molecular flexibility index (Phi) is 6.97. The average molecular weight is 390 g/mol. The molecular weight excluding hydrogens is 368 g/mol. The molecule has 0 radical (unpaired) electrons. The van der Waals surface area contributed by atoms with Crippen LogP contribution < -0.4 is 10.6 Å². The second-order valence-corrected chi connectivity index (χ2v) is 6.23. The molecule has 0 atom stereocenters. The summed E-state index contributed by atoms with van der Waals surface area (Å²) in [4.78, 5) is 24.7. The quantitative estimate of drug-likeness (QED) is 0.512. The molecule has 1 amide bonds. The van der Waals surface area contributed by atoms with Gasteiger partial charge in [-0.1, -0.05) is 60.7 Å². The van der Waals surface area contributed by atoms with Gasteiger partial charge in [0.1, 0.15) is 0 Å². The molecule has 0 unspecified atom stereocenters. The van der Waals surface area contributed by atoms with Gasteiger partial charge in [-0.25, -0.2) is 4.79 Å². The maximum atomic E-state index is 12.4. The van der Waals surface area contributed by atoms with Crippen molar-refractivity contribution in [2.75, 3.05) is 30.4 Å². The fourth-order valence-electron chi connectivity index (χ4n) is 2.86. The number of aliphatic hydroxyl groups excluding tert-OH is 1. The summed E-state index contributed by atoms with van der Waals surface area (Å²) in [6.07, 6.45) is 0. The van der Waals surface area contributed by atoms with E-state index >= 15 is 0 Å². The third-order valence-electron chi connectivity index (χ3n) is 4.19. The molecule has 0 heterocycles. The Bertz CT molecular complexity index is 973. The maximum Gasteiger partial charge on any atom is 0.340 e. The molecule has 0 aliphatic carbocycles. The number of benzene rings is 3. The topological polar surface area (TPSA) is 87.7 Å². The molecule has 148 valence electrons. The number of hydrogen-bond acceptors (Lipinski definition) is 5. The van der Waals surface area contributed by atoms with Crippen LogP contribution in [0.3, 0.4) is 0 Å². The normalized spacial score (nSPS) is 10.2. The number of carbonyl (C=O) groups excluding carboxylic acids is 2. The zero-order valence-corrected chi connectivity index (χ0v) is 15.8. The van der Waals surface area contributed by atoms with Gasteiger partial charge in [-0.3, -0.25) is 4.79 Å². The summed E-state index contributed by atoms with van der Waals surface area (Å²) in [6.45, 7) is -0.163. The van der Waals surface area contributed by atoms with Gasteiger partial charge in [0.05, 0.1) is 12.2 Å². The molecule has 6 nitrogen and oxygen atoms in total. The van der Waals surface area contributed by atoms with Gasteiger partial charge in [0, 0.05) is 23.5 Å². The molecule has 0 aliphatic rings. The number of aliphatic hydroxyl groups is 1. The minimum Gasteiger partial charge on any atom is -0.452 e. The standard InChI is InChI=1S/C23H22N2O4/c26-15-14-24-20-12-6-5-11-19(20)23(28)29-16-22(27)25-21-13-7-4-10-18(21)17-8-2-1-3-9-17/h1-13,24,26H,14-16H2,(H,25,27). The van der Waals surface area contributed by atoms with Crippen LogP contribution in [-0.2, 0) is 9.53 Å². The van der Waals surface area contributed by atoms with Gasteiger partial charge >= 0.3 is 5.97 Å². The summed E-state index contributed by atoms with van der Waals surface area (Å²) >= 11 is 0. The lowest BCUT2D eigenvalue weighted by molar-refractivity contribution is -0.119. The maximum absolute atomic E-state index is 12.4. The van der Waals surface area contributed by atoms with Gasteiger partial charge in [0.25, 0.3) is 5.91 Å². The summed E-state index contributed by atoms with van der Waals surface area (Å²) in [6, 6.07) is 23.9. The first-order valence-corrected chi connectivity index (χ1v) is 9.24. The highest BCUT2D eigenvalue weighted by Crippen LogP contribution is 2.27. The molecule has 0 aliphatic heterocycles. The van der Waals surface area contributed by atoms with Crippen LogP contribution in [0.2, 0.25) is 0 Å². The van der Waals surface area contributed by atoms with Crippen LogP contribution in [0, 0.1) is 0 Å². The molecule has 3 aromatic carbocycles. The van der Waals surface area contributed by atoms with Crippen LogP contribution in [0.4, 0.5) is 11.4 Å². The Labute approximate surface area is 169 Å². The zero-order valence-electron chi connectivity index (χ0n) is 15.8. The monoisotopic (exact) mass is 390 g/mol. The molecule has 0 saturated heterocycles. The lowest BCUT2D eigenvalue weighted by Gasteiger charge is -2.13. The van der Waals surface area contributed by atoms with Gasteiger partial charge in [0.15, 0.2) is 6.61 Å². The molecule has 3 N–H and O–H groups in total. The first-order chi connectivity index (χ1) is 14.2. The van der Waals surface area contributed by atoms with Gasteiger partial charge in [-0.15, -0.1) is 0 Å². The van der Waals surface area contributed by atoms with E-state index in [1.807, 2.05) is 48.5 Å². The first kappa shape index (κ1) is 20.1. The zero-order chi connectivity index (χ0) is 20.5. The summed E-state index contributed by atoms with van der Waals surface area (Å²) < 4.78 is 5.17. The smallest absolute Gasteiger partial charge is 0.340 e. The Balaban J connectivity index is 1.64. The fraction of sp³-hybridized carbons (Fsp3) is 0.130. The van der Waals surface area contributed by atoms with E-state index in [2.05, 4.69) is 10.6 Å². The van der Waals surface area contributed by atoms with E-state index in [0.29, 0.717) is 23.5 Å². The lowest BCUT2D eigenvalue weighted by atomic mass is 10.0. The first-order valence-electron chi connectivity index (χ1n) is 9.24. The van der Waals surface area contributed by atoms with E-state index in [9.17, 15) is 9.59 Å². The van der Waals surface area contributed by atoms with Crippen LogP contribution in [0.25, 0.3) is 11.1 Å². The van der Waals surface area contributed by atoms with Crippen LogP contribution in [0.1, 0.15) is 10.4 Å². The summed E-state index contributed by atoms with van der Waals surface area (Å²) in [5, 5.41) is 14.7. The molecule has 0 aromatic heterocycles. The molecule has 0 fully saturated rings. The number of ether oxygens (including phenoxy) is 1. The van der Waals surface area contributed by atoms with Crippen molar-refractivity contribution in [3.8, 4) is 11.1 Å². The Hall–Kier alpha value is -3.64. The third kappa shape index (κ3) is 5.43. The largest absolute Gasteiger partial charge is 0.452 e. The summed E-state index contributed by atoms with van der Waals surface area (Å²) in [5.74, 6) is -1.04. The van der Waals surface area contributed by atoms with E-state index in [-0.39, 0.29) is 6.61 Å². The molecule has 0 bridgehead atoms. The van der Waals surface area contributed by atoms with Crippen molar-refractivity contribution in [2.24, 2.45) is 0 Å². The second-order valence-electron chi connectivity index (χ2n) is 6.23. The predicted molar refractivity (Wildman–Crippen MR) is 113 cm³/mol. The minimum absolute atomic E-state index is 0.0629. The van der Waals surface area contributed by atoms with Crippen molar-refractivity contribution in [1.82, 2.24) is 0 Å². The van der Waals surface area contributed by atoms with Crippen molar-refractivity contribution < 1.29 is 19.4 Å². The van der Waals surface area contributed by atoms with E-state index < -0.39 is 18.5 Å². The minimum atomic E-state index is -0.613. The molecule has 0 spiro atoms. The predicted octanol–water partition coefficient (Wildman–Crippen LogP) is 3.55. The van der Waals surface area contributed by atoms with Crippen molar-refractivity contribution >= 4 is 23.3 Å². The van der Waals surface area contributed by atoms with E-state index in [4.69, 9.17) is 9.84 Å². The van der Waals surface area contributed by atoms with Crippen molar-refractivity contribution in [1.29, 1.82) is 0 Å². The van der Waals surface area contributed by atoms with Crippen molar-refractivity contribution in [3.63, 3.8) is 0 Å². The van der Waals surface area contributed by atoms with Gasteiger partial charge in [0.2, 0.25) is 0 Å². The van der Waals surface area contributed by atoms with E-state index in [0.717, 1.165) is 11.1 Å². The Morgan fingerprint density at radius 3 is 2.24 bits per heavy atom. The average Bonchev–Trinajstić information content (AvgIpc) is 2.77. The lowest BCUT2D eigenvalue weighted by Crippen LogP contribution is -2.22. The Morgan fingerprint density at radius 1 is 0.828 bits per heavy atom. The van der Waals surface area contributed by atoms with Crippen LogP contribution in [0.5, 0.6) is 0 Å². The number of amides is 1. The molecular formula is C23H22N2O4. The summed E-state index contributed by atoms with van der Waals surface area (Å²) in [7, 11) is 0. The highest BCUT2D eigenvalue weighted by atomic mass is 16.5. The summed E-state index contributed by atoms with van der Waals surface area (Å²) in [5.41, 5.74) is 3.35. The van der Waals surface area contributed by atoms with Gasteiger partial charge in [-0.2, -0.15) is 0 Å². The molecule has 3 rings (SSSR count). The van der Waals surface area contributed by atoms with Gasteiger partial charge in [-0.05, 0) is 23.8 Å². The number of hydrogen-bond donors (Lipinski definition) is 3. The second kappa shape index (κ2) is 10.1. The molecule has 6 heteroatoms. The SMILES string of the molecule is O=C(COC(=O)c1ccccc1NCCO)Nc1ccccc1-c1ccccc1. The van der Waals surface area contributed by atoms with Gasteiger partial charge < -0.3 is 20.5 Å². The molecule has 3 aromatic rings. The Morgan fingerprint density at radius 2 is 1.48 bits per heavy atom. The highest BCUT2D eigenvalue weighted by molar-refractivity contribution is 6.00. The number of nitrogens with one attached hydrogen (secondary N) is 2. The fourth-order valence-corrected chi connectivity index (χ4v) is 2.86. The van der Waals surface area contributed by atoms with Crippen molar-refractivity contribution in [3.05, 3.63) is 84.4 Å². The van der Waals surface area contributed by atoms with Crippen LogP contribution in [-0.4, -0.2) is 36.7 Å². The van der Waals surface area contributed by atoms with E-state index in [1.54, 1.807) is 30.3 Å². The number of para-hydroxylation sites is 2. The van der Waals surface area contributed by atoms with E-state index in [1.165, 1.54) is 0 Å². The third-order valence-corrected chi connectivity index (χ3v) is 4.19. The highest BCUT2D eigenvalue weighted by Gasteiger charge is 2.15. The van der Waals surface area contributed by atoms with Crippen molar-refractivity contribution in [2.45, 2.75) is 0 Å². The number of esters is 1. The number of rotatable bonds is 8. The van der Waals surface area contributed by atoms with Crippen LogP contribution in [0.15, 0.2) is 78.9 Å².